The van der Waals surface area contributed by atoms with Crippen molar-refractivity contribution in [1.82, 2.24) is 9.38 Å². The SMILES string of the molecule is CC[C@@H](C(=O)Nc1c(C)nc2ccc(Cl)cn2c1=O)c1ccccc1. The summed E-state index contributed by atoms with van der Waals surface area (Å²) in [4.78, 5) is 29.9. The summed E-state index contributed by atoms with van der Waals surface area (Å²) in [6.07, 6.45) is 2.12. The molecule has 0 spiro atoms. The first-order chi connectivity index (χ1) is 12.0. The third-order valence-electron chi connectivity index (χ3n) is 4.14. The van der Waals surface area contributed by atoms with E-state index in [0.29, 0.717) is 22.8 Å². The van der Waals surface area contributed by atoms with Gasteiger partial charge in [0.05, 0.1) is 16.6 Å². The van der Waals surface area contributed by atoms with E-state index in [0.717, 1.165) is 5.56 Å². The fourth-order valence-electron chi connectivity index (χ4n) is 2.84. The number of carbonyl (C=O) groups is 1. The Kier molecular flexibility index (Phi) is 4.86. The van der Waals surface area contributed by atoms with Gasteiger partial charge >= 0.3 is 0 Å². The third kappa shape index (κ3) is 3.42. The van der Waals surface area contributed by atoms with Crippen LogP contribution in [0.2, 0.25) is 5.02 Å². The summed E-state index contributed by atoms with van der Waals surface area (Å²) in [5, 5.41) is 3.19. The Bertz CT molecular complexity index is 983. The maximum atomic E-state index is 12.7. The summed E-state index contributed by atoms with van der Waals surface area (Å²) in [6.45, 7) is 3.64. The van der Waals surface area contributed by atoms with Crippen LogP contribution in [-0.2, 0) is 4.79 Å². The van der Waals surface area contributed by atoms with Crippen LogP contribution in [-0.4, -0.2) is 15.3 Å². The number of hydrogen-bond donors (Lipinski definition) is 1. The maximum absolute atomic E-state index is 12.7. The van der Waals surface area contributed by atoms with E-state index in [1.807, 2.05) is 37.3 Å². The Morgan fingerprint density at radius 1 is 1.24 bits per heavy atom. The highest BCUT2D eigenvalue weighted by Gasteiger charge is 2.21. The van der Waals surface area contributed by atoms with E-state index in [2.05, 4.69) is 10.3 Å². The number of rotatable bonds is 4. The van der Waals surface area contributed by atoms with Gasteiger partial charge in [-0.15, -0.1) is 0 Å². The van der Waals surface area contributed by atoms with Crippen molar-refractivity contribution in [2.75, 3.05) is 5.32 Å². The molecule has 1 N–H and O–H groups in total. The first-order valence-corrected chi connectivity index (χ1v) is 8.43. The molecule has 0 radical (unpaired) electrons. The number of nitrogens with one attached hydrogen (secondary N) is 1. The molecule has 3 aromatic rings. The molecular weight excluding hydrogens is 338 g/mol. The van der Waals surface area contributed by atoms with Gasteiger partial charge in [-0.1, -0.05) is 48.9 Å². The van der Waals surface area contributed by atoms with Crippen molar-refractivity contribution < 1.29 is 4.79 Å². The van der Waals surface area contributed by atoms with Crippen molar-refractivity contribution in [1.29, 1.82) is 0 Å². The van der Waals surface area contributed by atoms with Crippen LogP contribution in [0.3, 0.4) is 0 Å². The molecular formula is C19H18ClN3O2. The number of amides is 1. The molecule has 0 bridgehead atoms. The van der Waals surface area contributed by atoms with E-state index in [9.17, 15) is 9.59 Å². The van der Waals surface area contributed by atoms with Gasteiger partial charge < -0.3 is 5.32 Å². The second-order valence-corrected chi connectivity index (χ2v) is 6.25. The number of pyridine rings is 1. The number of anilines is 1. The minimum Gasteiger partial charge on any atom is -0.319 e. The van der Waals surface area contributed by atoms with Crippen LogP contribution in [0, 0.1) is 6.92 Å². The lowest BCUT2D eigenvalue weighted by Gasteiger charge is -2.16. The van der Waals surface area contributed by atoms with E-state index in [-0.39, 0.29) is 23.1 Å². The molecule has 3 rings (SSSR count). The molecule has 1 atom stereocenters. The highest BCUT2D eigenvalue weighted by atomic mass is 35.5. The van der Waals surface area contributed by atoms with Gasteiger partial charge in [0.2, 0.25) is 5.91 Å². The molecule has 2 aromatic heterocycles. The van der Waals surface area contributed by atoms with Crippen molar-refractivity contribution >= 4 is 28.8 Å². The molecule has 1 amide bonds. The van der Waals surface area contributed by atoms with Crippen molar-refractivity contribution in [2.45, 2.75) is 26.2 Å². The number of nitrogens with zero attached hydrogens (tertiary/aromatic N) is 2. The fraction of sp³-hybridized carbons (Fsp3) is 0.211. The van der Waals surface area contributed by atoms with E-state index in [1.165, 1.54) is 10.6 Å². The van der Waals surface area contributed by atoms with Gasteiger partial charge in [0.25, 0.3) is 5.56 Å². The normalized spacial score (nSPS) is 12.1. The van der Waals surface area contributed by atoms with Crippen molar-refractivity contribution in [3.8, 4) is 0 Å². The summed E-state index contributed by atoms with van der Waals surface area (Å²) < 4.78 is 1.34. The van der Waals surface area contributed by atoms with Gasteiger partial charge in [0, 0.05) is 6.20 Å². The molecule has 2 heterocycles. The van der Waals surface area contributed by atoms with E-state index >= 15 is 0 Å². The maximum Gasteiger partial charge on any atom is 0.281 e. The van der Waals surface area contributed by atoms with Crippen LogP contribution in [0.4, 0.5) is 5.69 Å². The quantitative estimate of drug-likeness (QED) is 0.774. The molecule has 0 aliphatic rings. The molecule has 25 heavy (non-hydrogen) atoms. The largest absolute Gasteiger partial charge is 0.319 e. The lowest BCUT2D eigenvalue weighted by atomic mass is 9.95. The van der Waals surface area contributed by atoms with Crippen LogP contribution in [0.5, 0.6) is 0 Å². The van der Waals surface area contributed by atoms with E-state index < -0.39 is 0 Å². The molecule has 0 unspecified atom stereocenters. The standard InChI is InChI=1S/C19H18ClN3O2/c1-3-15(13-7-5-4-6-8-13)18(24)22-17-12(2)21-16-10-9-14(20)11-23(16)19(17)25/h4-11,15H,3H2,1-2H3,(H,22,24)/t15-/m1/s1. The van der Waals surface area contributed by atoms with Gasteiger partial charge in [0.1, 0.15) is 11.3 Å². The van der Waals surface area contributed by atoms with Gasteiger partial charge in [0.15, 0.2) is 0 Å². The number of halogens is 1. The third-order valence-corrected chi connectivity index (χ3v) is 4.37. The average molecular weight is 356 g/mol. The minimum absolute atomic E-state index is 0.180. The van der Waals surface area contributed by atoms with E-state index in [1.54, 1.807) is 19.1 Å². The molecule has 128 valence electrons. The molecule has 0 aliphatic carbocycles. The summed E-state index contributed by atoms with van der Waals surface area (Å²) in [5.41, 5.74) is 1.71. The van der Waals surface area contributed by atoms with Crippen LogP contribution in [0.15, 0.2) is 53.5 Å². The van der Waals surface area contributed by atoms with Crippen LogP contribution < -0.4 is 10.9 Å². The molecule has 0 saturated carbocycles. The summed E-state index contributed by atoms with van der Waals surface area (Å²) in [6, 6.07) is 12.8. The first-order valence-electron chi connectivity index (χ1n) is 8.05. The van der Waals surface area contributed by atoms with Crippen molar-refractivity contribution in [3.63, 3.8) is 0 Å². The number of aromatic nitrogens is 2. The molecule has 0 fully saturated rings. The molecule has 1 aromatic carbocycles. The summed E-state index contributed by atoms with van der Waals surface area (Å²) in [5.74, 6) is -0.558. The minimum atomic E-state index is -0.346. The Morgan fingerprint density at radius 3 is 2.64 bits per heavy atom. The second-order valence-electron chi connectivity index (χ2n) is 5.81. The zero-order valence-corrected chi connectivity index (χ0v) is 14.7. The topological polar surface area (TPSA) is 63.5 Å². The Balaban J connectivity index is 1.99. The van der Waals surface area contributed by atoms with Gasteiger partial charge in [-0.3, -0.25) is 14.0 Å². The lowest BCUT2D eigenvalue weighted by molar-refractivity contribution is -0.117. The zero-order chi connectivity index (χ0) is 18.0. The van der Waals surface area contributed by atoms with Gasteiger partial charge in [-0.25, -0.2) is 4.98 Å². The Labute approximate surface area is 150 Å². The predicted molar refractivity (Wildman–Crippen MR) is 99.3 cm³/mol. The van der Waals surface area contributed by atoms with Crippen LogP contribution >= 0.6 is 11.6 Å². The number of carbonyl (C=O) groups excluding carboxylic acids is 1. The summed E-state index contributed by atoms with van der Waals surface area (Å²) in [7, 11) is 0. The highest BCUT2D eigenvalue weighted by Crippen LogP contribution is 2.21. The van der Waals surface area contributed by atoms with Gasteiger partial charge in [-0.05, 0) is 31.0 Å². The summed E-state index contributed by atoms with van der Waals surface area (Å²) >= 11 is 5.97. The lowest BCUT2D eigenvalue weighted by Crippen LogP contribution is -2.28. The van der Waals surface area contributed by atoms with Crippen molar-refractivity contribution in [3.05, 3.63) is 75.3 Å². The average Bonchev–Trinajstić information content (AvgIpc) is 2.61. The monoisotopic (exact) mass is 355 g/mol. The van der Waals surface area contributed by atoms with E-state index in [4.69, 9.17) is 11.6 Å². The van der Waals surface area contributed by atoms with Crippen LogP contribution in [0.1, 0.15) is 30.5 Å². The Morgan fingerprint density at radius 2 is 1.96 bits per heavy atom. The number of benzene rings is 1. The zero-order valence-electron chi connectivity index (χ0n) is 14.0. The predicted octanol–water partition coefficient (Wildman–Crippen LogP) is 3.79. The number of hydrogen-bond acceptors (Lipinski definition) is 3. The molecule has 0 saturated heterocycles. The highest BCUT2D eigenvalue weighted by molar-refractivity contribution is 6.30. The Hall–Kier alpha value is -2.66. The molecule has 5 nitrogen and oxygen atoms in total. The van der Waals surface area contributed by atoms with Crippen LogP contribution in [0.25, 0.3) is 5.65 Å². The number of aryl methyl sites for hydroxylation is 1. The fourth-order valence-corrected chi connectivity index (χ4v) is 3.00. The van der Waals surface area contributed by atoms with Gasteiger partial charge in [-0.2, -0.15) is 0 Å². The molecule has 6 heteroatoms. The van der Waals surface area contributed by atoms with Crippen molar-refractivity contribution in [2.24, 2.45) is 0 Å². The smallest absolute Gasteiger partial charge is 0.281 e. The number of fused-ring (bicyclic) bond motifs is 1. The molecule has 0 aliphatic heterocycles. The second kappa shape index (κ2) is 7.07. The first kappa shape index (κ1) is 17.2.